The zero-order valence-corrected chi connectivity index (χ0v) is 7.88. The molecular weight excluding hydrogens is 200 g/mol. The third-order valence-electron chi connectivity index (χ3n) is 1.73. The summed E-state index contributed by atoms with van der Waals surface area (Å²) in [6, 6.07) is 1.28. The Balaban J connectivity index is 3.11. The Labute approximate surface area is 85.0 Å². The normalized spacial score (nSPS) is 10.5. The summed E-state index contributed by atoms with van der Waals surface area (Å²) in [6.07, 6.45) is 3.32. The van der Waals surface area contributed by atoms with Crippen LogP contribution in [0.25, 0.3) is 6.08 Å². The number of aliphatic carboxylic acids is 1. The van der Waals surface area contributed by atoms with Crippen molar-refractivity contribution < 1.29 is 14.8 Å². The maximum absolute atomic E-state index is 10.4. The van der Waals surface area contributed by atoms with Crippen molar-refractivity contribution in [3.8, 4) is 0 Å². The Morgan fingerprint density at radius 1 is 1.67 bits per heavy atom. The molecule has 0 fully saturated rings. The van der Waals surface area contributed by atoms with Crippen molar-refractivity contribution in [2.24, 2.45) is 0 Å². The monoisotopic (exact) mass is 208 g/mol. The van der Waals surface area contributed by atoms with Gasteiger partial charge in [-0.2, -0.15) is 0 Å². The predicted octanol–water partition coefficient (Wildman–Crippen LogP) is 1.40. The van der Waals surface area contributed by atoms with Crippen LogP contribution in [0.1, 0.15) is 11.3 Å². The van der Waals surface area contributed by atoms with Crippen molar-refractivity contribution in [2.45, 2.75) is 6.92 Å². The Morgan fingerprint density at radius 2 is 2.33 bits per heavy atom. The van der Waals surface area contributed by atoms with E-state index < -0.39 is 10.9 Å². The zero-order chi connectivity index (χ0) is 11.4. The van der Waals surface area contributed by atoms with Crippen LogP contribution in [0.15, 0.2) is 18.3 Å². The molecule has 1 aromatic heterocycles. The van der Waals surface area contributed by atoms with Crippen LogP contribution in [0.4, 0.5) is 5.69 Å². The van der Waals surface area contributed by atoms with Crippen molar-refractivity contribution in [2.75, 3.05) is 0 Å². The smallest absolute Gasteiger partial charge is 0.328 e. The van der Waals surface area contributed by atoms with Crippen molar-refractivity contribution in [1.29, 1.82) is 0 Å². The molecule has 0 saturated carbocycles. The first kappa shape index (κ1) is 10.8. The lowest BCUT2D eigenvalue weighted by atomic mass is 10.2. The summed E-state index contributed by atoms with van der Waals surface area (Å²) >= 11 is 0. The molecule has 0 spiro atoms. The molecular formula is C9H8N2O4. The fourth-order valence-electron chi connectivity index (χ4n) is 0.968. The first-order valence-corrected chi connectivity index (χ1v) is 4.03. The van der Waals surface area contributed by atoms with E-state index in [1.54, 1.807) is 6.92 Å². The molecule has 1 rings (SSSR count). The molecule has 0 aliphatic carbocycles. The van der Waals surface area contributed by atoms with E-state index in [4.69, 9.17) is 5.11 Å². The van der Waals surface area contributed by atoms with Crippen molar-refractivity contribution >= 4 is 17.7 Å². The molecule has 1 heterocycles. The highest BCUT2D eigenvalue weighted by Crippen LogP contribution is 2.15. The Bertz CT molecular complexity index is 440. The van der Waals surface area contributed by atoms with Gasteiger partial charge in [0, 0.05) is 23.4 Å². The standard InChI is InChI=1S/C9H8N2O4/c1-6-7(2-3-9(12)13)4-8(5-10-6)11(14)15/h2-5H,1H3,(H,12,13)/b3-2+. The molecule has 15 heavy (non-hydrogen) atoms. The van der Waals surface area contributed by atoms with Crippen molar-refractivity contribution in [3.63, 3.8) is 0 Å². The van der Waals surface area contributed by atoms with E-state index in [1.165, 1.54) is 12.1 Å². The van der Waals surface area contributed by atoms with E-state index in [0.717, 1.165) is 12.3 Å². The van der Waals surface area contributed by atoms with E-state index in [1.807, 2.05) is 0 Å². The molecule has 0 aliphatic rings. The van der Waals surface area contributed by atoms with Gasteiger partial charge in [0.1, 0.15) is 6.20 Å². The SMILES string of the molecule is Cc1ncc([N+](=O)[O-])cc1/C=C/C(=O)O. The number of nitro groups is 1. The number of rotatable bonds is 3. The number of aryl methyl sites for hydroxylation is 1. The first-order chi connectivity index (χ1) is 7.00. The number of nitrogens with zero attached hydrogens (tertiary/aromatic N) is 2. The van der Waals surface area contributed by atoms with Gasteiger partial charge in [0.15, 0.2) is 0 Å². The second-order valence-corrected chi connectivity index (χ2v) is 2.80. The van der Waals surface area contributed by atoms with Gasteiger partial charge in [-0.3, -0.25) is 15.1 Å². The number of carboxylic acids is 1. The number of pyridine rings is 1. The van der Waals surface area contributed by atoms with Crippen LogP contribution in [-0.2, 0) is 4.79 Å². The summed E-state index contributed by atoms with van der Waals surface area (Å²) in [6.45, 7) is 1.64. The largest absolute Gasteiger partial charge is 0.478 e. The molecule has 6 heteroatoms. The molecule has 0 saturated heterocycles. The number of carbonyl (C=O) groups is 1. The highest BCUT2D eigenvalue weighted by molar-refractivity contribution is 5.85. The van der Waals surface area contributed by atoms with E-state index in [9.17, 15) is 14.9 Å². The average molecular weight is 208 g/mol. The Morgan fingerprint density at radius 3 is 2.87 bits per heavy atom. The average Bonchev–Trinajstić information content (AvgIpc) is 2.16. The Kier molecular flexibility index (Phi) is 3.12. The molecule has 0 aliphatic heterocycles. The highest BCUT2D eigenvalue weighted by atomic mass is 16.6. The van der Waals surface area contributed by atoms with E-state index >= 15 is 0 Å². The molecule has 0 radical (unpaired) electrons. The van der Waals surface area contributed by atoms with Gasteiger partial charge < -0.3 is 5.11 Å². The van der Waals surface area contributed by atoms with Crippen LogP contribution >= 0.6 is 0 Å². The molecule has 0 unspecified atom stereocenters. The lowest BCUT2D eigenvalue weighted by Gasteiger charge is -1.98. The summed E-state index contributed by atoms with van der Waals surface area (Å²) in [7, 11) is 0. The summed E-state index contributed by atoms with van der Waals surface area (Å²) in [5.41, 5.74) is 0.801. The van der Waals surface area contributed by atoms with E-state index in [2.05, 4.69) is 4.98 Å². The number of hydrogen-bond donors (Lipinski definition) is 1. The second-order valence-electron chi connectivity index (χ2n) is 2.80. The first-order valence-electron chi connectivity index (χ1n) is 4.03. The molecule has 0 atom stereocenters. The third-order valence-corrected chi connectivity index (χ3v) is 1.73. The predicted molar refractivity (Wildman–Crippen MR) is 52.3 cm³/mol. The zero-order valence-electron chi connectivity index (χ0n) is 7.88. The van der Waals surface area contributed by atoms with Gasteiger partial charge in [-0.1, -0.05) is 0 Å². The lowest BCUT2D eigenvalue weighted by molar-refractivity contribution is -0.385. The van der Waals surface area contributed by atoms with E-state index in [-0.39, 0.29) is 5.69 Å². The van der Waals surface area contributed by atoms with Gasteiger partial charge in [-0.25, -0.2) is 4.79 Å². The molecule has 0 aromatic carbocycles. The van der Waals surface area contributed by atoms with Gasteiger partial charge in [-0.05, 0) is 13.0 Å². The molecule has 78 valence electrons. The molecule has 0 bridgehead atoms. The van der Waals surface area contributed by atoms with Crippen molar-refractivity contribution in [1.82, 2.24) is 4.98 Å². The van der Waals surface area contributed by atoms with Gasteiger partial charge in [-0.15, -0.1) is 0 Å². The van der Waals surface area contributed by atoms with Crippen LogP contribution in [-0.4, -0.2) is 21.0 Å². The van der Waals surface area contributed by atoms with Crippen LogP contribution < -0.4 is 0 Å². The summed E-state index contributed by atoms with van der Waals surface area (Å²) in [4.78, 5) is 23.9. The minimum atomic E-state index is -1.11. The van der Waals surface area contributed by atoms with Crippen LogP contribution in [0, 0.1) is 17.0 Å². The van der Waals surface area contributed by atoms with Gasteiger partial charge in [0.2, 0.25) is 0 Å². The molecule has 6 nitrogen and oxygen atoms in total. The maximum atomic E-state index is 10.4. The Hall–Kier alpha value is -2.24. The minimum Gasteiger partial charge on any atom is -0.478 e. The van der Waals surface area contributed by atoms with Crippen LogP contribution in [0.2, 0.25) is 0 Å². The highest BCUT2D eigenvalue weighted by Gasteiger charge is 2.07. The number of carboxylic acid groups (broad SMARTS) is 1. The maximum Gasteiger partial charge on any atom is 0.328 e. The summed E-state index contributed by atoms with van der Waals surface area (Å²) in [5.74, 6) is -1.11. The summed E-state index contributed by atoms with van der Waals surface area (Å²) in [5, 5.41) is 18.8. The second kappa shape index (κ2) is 4.32. The number of hydrogen-bond acceptors (Lipinski definition) is 4. The van der Waals surface area contributed by atoms with Gasteiger partial charge in [0.05, 0.1) is 4.92 Å². The quantitative estimate of drug-likeness (QED) is 0.460. The van der Waals surface area contributed by atoms with Crippen LogP contribution in [0.3, 0.4) is 0 Å². The fraction of sp³-hybridized carbons (Fsp3) is 0.111. The molecule has 0 amide bonds. The summed E-state index contributed by atoms with van der Waals surface area (Å²) < 4.78 is 0. The fourth-order valence-corrected chi connectivity index (χ4v) is 0.968. The van der Waals surface area contributed by atoms with Gasteiger partial charge in [0.25, 0.3) is 5.69 Å². The number of aromatic nitrogens is 1. The molecule has 1 N–H and O–H groups in total. The van der Waals surface area contributed by atoms with E-state index in [0.29, 0.717) is 11.3 Å². The van der Waals surface area contributed by atoms with Crippen LogP contribution in [0.5, 0.6) is 0 Å². The lowest BCUT2D eigenvalue weighted by Crippen LogP contribution is -1.94. The van der Waals surface area contributed by atoms with Crippen molar-refractivity contribution in [3.05, 3.63) is 39.7 Å². The molecule has 1 aromatic rings. The van der Waals surface area contributed by atoms with Gasteiger partial charge >= 0.3 is 5.97 Å². The topological polar surface area (TPSA) is 93.3 Å². The third kappa shape index (κ3) is 2.87. The minimum absolute atomic E-state index is 0.161.